The molecule has 0 saturated heterocycles. The molecule has 0 saturated carbocycles. The van der Waals surface area contributed by atoms with E-state index in [1.165, 1.54) is 36.6 Å². The summed E-state index contributed by atoms with van der Waals surface area (Å²) in [5.41, 5.74) is 0.0841. The van der Waals surface area contributed by atoms with Crippen LogP contribution < -0.4 is 15.4 Å². The molecule has 1 amide bonds. The molecule has 4 rings (SSSR count). The number of anilines is 2. The van der Waals surface area contributed by atoms with Crippen LogP contribution in [-0.4, -0.2) is 44.2 Å². The quantitative estimate of drug-likeness (QED) is 0.191. The summed E-state index contributed by atoms with van der Waals surface area (Å²) < 4.78 is 76.4. The number of carbonyl (C=O) groups is 1. The lowest BCUT2D eigenvalue weighted by Crippen LogP contribution is -2.37. The number of nitrogens with one attached hydrogen (secondary N) is 3. The minimum Gasteiger partial charge on any atom is -0.453 e. The van der Waals surface area contributed by atoms with Gasteiger partial charge in [0.1, 0.15) is 22.3 Å². The van der Waals surface area contributed by atoms with Gasteiger partial charge in [-0.3, -0.25) is 4.72 Å². The Bertz CT molecular complexity index is 1760. The Kier molecular flexibility index (Phi) is 9.30. The zero-order valence-electron chi connectivity index (χ0n) is 24.0. The number of benzene rings is 2. The van der Waals surface area contributed by atoms with E-state index in [1.807, 2.05) is 25.5 Å². The molecule has 1 atom stereocenters. The maximum Gasteiger partial charge on any atom is 0.407 e. The lowest BCUT2D eigenvalue weighted by molar-refractivity contribution is 0.168. The van der Waals surface area contributed by atoms with Crippen molar-refractivity contribution >= 4 is 39.0 Å². The van der Waals surface area contributed by atoms with Gasteiger partial charge in [-0.15, -0.1) is 11.3 Å². The predicted molar refractivity (Wildman–Crippen MR) is 160 cm³/mol. The van der Waals surface area contributed by atoms with Crippen LogP contribution >= 0.6 is 11.3 Å². The zero-order chi connectivity index (χ0) is 31.5. The molecule has 0 spiro atoms. The lowest BCUT2D eigenvalue weighted by atomic mass is 9.98. The first-order valence-electron chi connectivity index (χ1n) is 13.0. The molecular weight excluding hydrogens is 603 g/mol. The first-order valence-corrected chi connectivity index (χ1v) is 15.3. The van der Waals surface area contributed by atoms with Gasteiger partial charge in [0.25, 0.3) is 10.0 Å². The number of rotatable bonds is 9. The van der Waals surface area contributed by atoms with Crippen molar-refractivity contribution in [1.82, 2.24) is 15.3 Å². The molecule has 0 fully saturated rings. The normalized spacial score (nSPS) is 12.5. The molecule has 14 heteroatoms. The third kappa shape index (κ3) is 7.43. The molecule has 0 unspecified atom stereocenters. The number of thiazole rings is 1. The molecule has 3 N–H and O–H groups in total. The predicted octanol–water partition coefficient (Wildman–Crippen LogP) is 6.54. The van der Waals surface area contributed by atoms with E-state index in [0.717, 1.165) is 6.07 Å². The topological polar surface area (TPSA) is 122 Å². The third-order valence-electron chi connectivity index (χ3n) is 6.11. The third-order valence-corrected chi connectivity index (χ3v) is 9.02. The first kappa shape index (κ1) is 31.8. The number of pyridine rings is 1. The molecule has 2 aromatic heterocycles. The van der Waals surface area contributed by atoms with Gasteiger partial charge in [-0.1, -0.05) is 26.8 Å². The summed E-state index contributed by atoms with van der Waals surface area (Å²) in [5, 5.41) is 6.50. The first-order chi connectivity index (χ1) is 20.2. The summed E-state index contributed by atoms with van der Waals surface area (Å²) >= 11 is 1.35. The summed E-state index contributed by atoms with van der Waals surface area (Å²) in [6, 6.07) is 9.29. The van der Waals surface area contributed by atoms with Crippen molar-refractivity contribution in [3.05, 3.63) is 77.2 Å². The van der Waals surface area contributed by atoms with Gasteiger partial charge in [0, 0.05) is 29.8 Å². The Hall–Kier alpha value is -4.17. The van der Waals surface area contributed by atoms with Gasteiger partial charge in [0.2, 0.25) is 0 Å². The summed E-state index contributed by atoms with van der Waals surface area (Å²) in [5.74, 6) is -2.59. The highest BCUT2D eigenvalue weighted by molar-refractivity contribution is 7.92. The Morgan fingerprint density at radius 1 is 1.09 bits per heavy atom. The van der Waals surface area contributed by atoms with Gasteiger partial charge in [0.15, 0.2) is 5.82 Å². The van der Waals surface area contributed by atoms with Crippen LogP contribution in [-0.2, 0) is 20.2 Å². The van der Waals surface area contributed by atoms with Crippen LogP contribution in [0.4, 0.5) is 29.5 Å². The number of hydrogen-bond acceptors (Lipinski definition) is 8. The largest absolute Gasteiger partial charge is 0.453 e. The van der Waals surface area contributed by atoms with Gasteiger partial charge in [-0.2, -0.15) is 0 Å². The highest BCUT2D eigenvalue weighted by Crippen LogP contribution is 2.42. The van der Waals surface area contributed by atoms with Crippen LogP contribution in [0.15, 0.2) is 59.6 Å². The minimum atomic E-state index is -4.67. The number of carbonyl (C=O) groups excluding carboxylic acids is 1. The van der Waals surface area contributed by atoms with Crippen LogP contribution in [0.3, 0.4) is 0 Å². The van der Waals surface area contributed by atoms with E-state index in [1.54, 1.807) is 25.3 Å². The lowest BCUT2D eigenvalue weighted by Gasteiger charge is -2.14. The van der Waals surface area contributed by atoms with Gasteiger partial charge < -0.3 is 15.4 Å². The Morgan fingerprint density at radius 3 is 2.53 bits per heavy atom. The molecule has 0 radical (unpaired) electrons. The highest BCUT2D eigenvalue weighted by atomic mass is 32.2. The highest BCUT2D eigenvalue weighted by Gasteiger charge is 2.27. The van der Waals surface area contributed by atoms with E-state index in [9.17, 15) is 22.0 Å². The standard InChI is InChI=1S/C29H30F3N5O4S2/c1-16(35-28(38)41-5)15-34-23-13-17(11-12-33-23)26-25(36-27(42-26)29(2,3)4)19-7-6-8-21(24(19)32)37-43(39,40)22-14-18(30)9-10-20(22)31/h6-14,16,37H,15H2,1-5H3,(H,33,34)(H,35,38)/t16-/m0/s1. The number of sulfonamides is 1. The summed E-state index contributed by atoms with van der Waals surface area (Å²) in [6.45, 7) is 8.02. The molecule has 0 bridgehead atoms. The van der Waals surface area contributed by atoms with Crippen LogP contribution in [0.5, 0.6) is 0 Å². The van der Waals surface area contributed by atoms with Crippen LogP contribution in [0.25, 0.3) is 21.7 Å². The van der Waals surface area contributed by atoms with Gasteiger partial charge >= 0.3 is 6.09 Å². The molecule has 4 aromatic rings. The van der Waals surface area contributed by atoms with E-state index >= 15 is 4.39 Å². The fraction of sp³-hybridized carbons (Fsp3) is 0.276. The van der Waals surface area contributed by atoms with Crippen LogP contribution in [0.1, 0.15) is 32.7 Å². The number of alkyl carbamates (subject to hydrolysis) is 1. The number of aromatic nitrogens is 2. The van der Waals surface area contributed by atoms with Crippen LogP contribution in [0.2, 0.25) is 0 Å². The Balaban J connectivity index is 1.73. The fourth-order valence-corrected chi connectivity index (χ4v) is 6.22. The fourth-order valence-electron chi connectivity index (χ4n) is 3.93. The van der Waals surface area contributed by atoms with Crippen LogP contribution in [0, 0.1) is 17.5 Å². The van der Waals surface area contributed by atoms with E-state index in [0.29, 0.717) is 39.9 Å². The molecule has 2 aromatic carbocycles. The van der Waals surface area contributed by atoms with Crippen molar-refractivity contribution in [2.45, 2.75) is 44.0 Å². The number of hydrogen-bond donors (Lipinski definition) is 3. The van der Waals surface area contributed by atoms with Gasteiger partial charge in [0.05, 0.1) is 28.4 Å². The molecule has 43 heavy (non-hydrogen) atoms. The van der Waals surface area contributed by atoms with Crippen molar-refractivity contribution in [1.29, 1.82) is 0 Å². The van der Waals surface area contributed by atoms with E-state index in [-0.39, 0.29) is 17.3 Å². The monoisotopic (exact) mass is 633 g/mol. The molecule has 9 nitrogen and oxygen atoms in total. The second-order valence-electron chi connectivity index (χ2n) is 10.6. The van der Waals surface area contributed by atoms with E-state index < -0.39 is 49.6 Å². The Morgan fingerprint density at radius 2 is 1.84 bits per heavy atom. The number of halogens is 3. The van der Waals surface area contributed by atoms with Crippen molar-refractivity contribution in [3.63, 3.8) is 0 Å². The van der Waals surface area contributed by atoms with E-state index in [2.05, 4.69) is 20.4 Å². The average molecular weight is 634 g/mol. The molecular formula is C29H30F3N5O4S2. The van der Waals surface area contributed by atoms with E-state index in [4.69, 9.17) is 4.98 Å². The molecule has 228 valence electrons. The number of methoxy groups -OCH3 is 1. The summed E-state index contributed by atoms with van der Waals surface area (Å²) in [7, 11) is -3.40. The van der Waals surface area contributed by atoms with Crippen molar-refractivity contribution in [2.75, 3.05) is 23.7 Å². The van der Waals surface area contributed by atoms with Gasteiger partial charge in [-0.25, -0.2) is 36.4 Å². The van der Waals surface area contributed by atoms with Crippen molar-refractivity contribution in [3.8, 4) is 21.7 Å². The number of amides is 1. The second kappa shape index (κ2) is 12.6. The second-order valence-corrected chi connectivity index (χ2v) is 13.3. The molecule has 2 heterocycles. The zero-order valence-corrected chi connectivity index (χ0v) is 25.6. The maximum atomic E-state index is 16.0. The molecule has 0 aliphatic carbocycles. The summed E-state index contributed by atoms with van der Waals surface area (Å²) in [6.07, 6.45) is 1.01. The number of ether oxygens (including phenoxy) is 1. The molecule has 0 aliphatic rings. The Labute approximate surface area is 251 Å². The van der Waals surface area contributed by atoms with Crippen molar-refractivity contribution < 1.29 is 31.1 Å². The summed E-state index contributed by atoms with van der Waals surface area (Å²) in [4.78, 5) is 20.2. The maximum absolute atomic E-state index is 16.0. The van der Waals surface area contributed by atoms with Gasteiger partial charge in [-0.05, 0) is 55.0 Å². The van der Waals surface area contributed by atoms with Crippen molar-refractivity contribution in [2.24, 2.45) is 0 Å². The smallest absolute Gasteiger partial charge is 0.407 e. The SMILES string of the molecule is COC(=O)N[C@@H](C)CNc1cc(-c2sc(C(C)(C)C)nc2-c2cccc(NS(=O)(=O)c3cc(F)ccc3F)c2F)ccn1. The minimum absolute atomic E-state index is 0.00360. The average Bonchev–Trinajstić information content (AvgIpc) is 3.40. The molecule has 0 aliphatic heterocycles. The number of nitrogens with zero attached hydrogens (tertiary/aromatic N) is 2.